The SMILES string of the molecule is CCc1ccc(Cl)c(CC)c1NC(=O)CN1CCN(CC(=O)N2CCCC2)CC1. The molecule has 2 aliphatic heterocycles. The second-order valence-corrected chi connectivity index (χ2v) is 8.36. The molecule has 2 fully saturated rings. The van der Waals surface area contributed by atoms with Crippen molar-refractivity contribution in [3.63, 3.8) is 0 Å². The van der Waals surface area contributed by atoms with E-state index < -0.39 is 0 Å². The number of hydrogen-bond acceptors (Lipinski definition) is 4. The third-order valence-electron chi connectivity index (χ3n) is 5.99. The van der Waals surface area contributed by atoms with Gasteiger partial charge in [0.2, 0.25) is 11.8 Å². The maximum atomic E-state index is 12.7. The third kappa shape index (κ3) is 5.71. The van der Waals surface area contributed by atoms with Crippen molar-refractivity contribution in [2.24, 2.45) is 0 Å². The van der Waals surface area contributed by atoms with Gasteiger partial charge in [-0.3, -0.25) is 19.4 Å². The van der Waals surface area contributed by atoms with Gasteiger partial charge in [-0.15, -0.1) is 0 Å². The van der Waals surface area contributed by atoms with Crippen LogP contribution < -0.4 is 5.32 Å². The minimum atomic E-state index is -0.00161. The Morgan fingerprint density at radius 2 is 1.55 bits per heavy atom. The van der Waals surface area contributed by atoms with Crippen LogP contribution in [-0.4, -0.2) is 78.9 Å². The van der Waals surface area contributed by atoms with Gasteiger partial charge in [-0.1, -0.05) is 31.5 Å². The van der Waals surface area contributed by atoms with Gasteiger partial charge < -0.3 is 10.2 Å². The number of carbonyl (C=O) groups excluding carboxylic acids is 2. The van der Waals surface area contributed by atoms with Crippen LogP contribution in [0.3, 0.4) is 0 Å². The normalized spacial score (nSPS) is 18.2. The van der Waals surface area contributed by atoms with Gasteiger partial charge in [0.25, 0.3) is 0 Å². The Morgan fingerprint density at radius 1 is 0.931 bits per heavy atom. The highest BCUT2D eigenvalue weighted by Gasteiger charge is 2.24. The first-order chi connectivity index (χ1) is 14.0. The Hall–Kier alpha value is -1.63. The Morgan fingerprint density at radius 3 is 2.14 bits per heavy atom. The van der Waals surface area contributed by atoms with Crippen LogP contribution in [0.15, 0.2) is 12.1 Å². The van der Waals surface area contributed by atoms with Gasteiger partial charge in [0.15, 0.2) is 0 Å². The lowest BCUT2D eigenvalue weighted by Gasteiger charge is -2.34. The van der Waals surface area contributed by atoms with Gasteiger partial charge in [0.1, 0.15) is 0 Å². The van der Waals surface area contributed by atoms with Crippen molar-refractivity contribution >= 4 is 29.1 Å². The Balaban J connectivity index is 1.49. The summed E-state index contributed by atoms with van der Waals surface area (Å²) in [5, 5.41) is 3.82. The molecule has 160 valence electrons. The van der Waals surface area contributed by atoms with Crippen LogP contribution in [-0.2, 0) is 22.4 Å². The van der Waals surface area contributed by atoms with E-state index in [1.807, 2.05) is 17.0 Å². The minimum Gasteiger partial charge on any atom is -0.342 e. The fraction of sp³-hybridized carbons (Fsp3) is 0.636. The summed E-state index contributed by atoms with van der Waals surface area (Å²) in [6.07, 6.45) is 3.89. The lowest BCUT2D eigenvalue weighted by Crippen LogP contribution is -2.51. The molecule has 2 amide bonds. The predicted molar refractivity (Wildman–Crippen MR) is 118 cm³/mol. The van der Waals surface area contributed by atoms with Crippen molar-refractivity contribution in [3.05, 3.63) is 28.3 Å². The molecule has 0 saturated carbocycles. The van der Waals surface area contributed by atoms with E-state index in [2.05, 4.69) is 29.0 Å². The summed E-state index contributed by atoms with van der Waals surface area (Å²) in [5.41, 5.74) is 3.00. The first-order valence-electron chi connectivity index (χ1n) is 10.8. The number of anilines is 1. The number of hydrogen-bond donors (Lipinski definition) is 1. The van der Waals surface area contributed by atoms with E-state index in [-0.39, 0.29) is 11.8 Å². The third-order valence-corrected chi connectivity index (χ3v) is 6.34. The number of halogens is 1. The predicted octanol–water partition coefficient (Wildman–Crippen LogP) is 2.64. The average molecular weight is 421 g/mol. The van der Waals surface area contributed by atoms with E-state index >= 15 is 0 Å². The summed E-state index contributed by atoms with van der Waals surface area (Å²) in [4.78, 5) is 31.4. The Labute approximate surface area is 179 Å². The molecule has 0 atom stereocenters. The lowest BCUT2D eigenvalue weighted by atomic mass is 10.0. The Bertz CT molecular complexity index is 726. The summed E-state index contributed by atoms with van der Waals surface area (Å²) >= 11 is 6.34. The topological polar surface area (TPSA) is 55.9 Å². The number of rotatable bonds is 7. The number of amides is 2. The van der Waals surface area contributed by atoms with Crippen LogP contribution in [0.4, 0.5) is 5.69 Å². The van der Waals surface area contributed by atoms with Crippen LogP contribution >= 0.6 is 11.6 Å². The molecule has 0 aliphatic carbocycles. The fourth-order valence-corrected chi connectivity index (χ4v) is 4.50. The second-order valence-electron chi connectivity index (χ2n) is 7.96. The van der Waals surface area contributed by atoms with Crippen LogP contribution in [0.2, 0.25) is 5.02 Å². The molecule has 0 unspecified atom stereocenters. The lowest BCUT2D eigenvalue weighted by molar-refractivity contribution is -0.132. The molecule has 1 aromatic carbocycles. The molecule has 0 spiro atoms. The first kappa shape index (κ1) is 22.1. The zero-order chi connectivity index (χ0) is 20.8. The van der Waals surface area contributed by atoms with E-state index in [1.165, 1.54) is 0 Å². The molecule has 6 nitrogen and oxygen atoms in total. The van der Waals surface area contributed by atoms with Crippen molar-refractivity contribution in [2.75, 3.05) is 57.7 Å². The number of aryl methyl sites for hydroxylation is 1. The average Bonchev–Trinajstić information content (AvgIpc) is 3.25. The molecule has 0 bridgehead atoms. The molecule has 2 heterocycles. The zero-order valence-electron chi connectivity index (χ0n) is 17.7. The van der Waals surface area contributed by atoms with Gasteiger partial charge in [-0.25, -0.2) is 0 Å². The number of piperazine rings is 1. The maximum Gasteiger partial charge on any atom is 0.238 e. The van der Waals surface area contributed by atoms with E-state index in [1.54, 1.807) is 0 Å². The standard InChI is InChI=1S/C22H33ClN4O2/c1-3-17-7-8-19(23)18(4-2)22(17)24-20(28)15-25-11-13-26(14-12-25)16-21(29)27-9-5-6-10-27/h7-8H,3-6,9-16H2,1-2H3,(H,24,28). The number of nitrogens with one attached hydrogen (secondary N) is 1. The van der Waals surface area contributed by atoms with Gasteiger partial charge in [0.05, 0.1) is 13.1 Å². The minimum absolute atomic E-state index is 0.00161. The molecule has 1 N–H and O–H groups in total. The summed E-state index contributed by atoms with van der Waals surface area (Å²) < 4.78 is 0. The highest BCUT2D eigenvalue weighted by Crippen LogP contribution is 2.29. The highest BCUT2D eigenvalue weighted by molar-refractivity contribution is 6.32. The monoisotopic (exact) mass is 420 g/mol. The molecular formula is C22H33ClN4O2. The van der Waals surface area contributed by atoms with E-state index in [9.17, 15) is 9.59 Å². The zero-order valence-corrected chi connectivity index (χ0v) is 18.4. The van der Waals surface area contributed by atoms with Crippen molar-refractivity contribution < 1.29 is 9.59 Å². The fourth-order valence-electron chi connectivity index (χ4n) is 4.21. The summed E-state index contributed by atoms with van der Waals surface area (Å²) in [5.74, 6) is 0.243. The van der Waals surface area contributed by atoms with E-state index in [4.69, 9.17) is 11.6 Å². The van der Waals surface area contributed by atoms with Crippen LogP contribution in [0.5, 0.6) is 0 Å². The Kier molecular flexibility index (Phi) is 7.92. The van der Waals surface area contributed by atoms with Gasteiger partial charge in [0, 0.05) is 50.0 Å². The van der Waals surface area contributed by atoms with Crippen molar-refractivity contribution in [1.29, 1.82) is 0 Å². The summed E-state index contributed by atoms with van der Waals surface area (Å²) in [6.45, 7) is 10.1. The first-order valence-corrected chi connectivity index (χ1v) is 11.2. The molecule has 1 aromatic rings. The molecule has 29 heavy (non-hydrogen) atoms. The van der Waals surface area contributed by atoms with Crippen molar-refractivity contribution in [2.45, 2.75) is 39.5 Å². The molecule has 0 radical (unpaired) electrons. The van der Waals surface area contributed by atoms with Crippen LogP contribution in [0.1, 0.15) is 37.8 Å². The largest absolute Gasteiger partial charge is 0.342 e. The molecule has 2 saturated heterocycles. The van der Waals surface area contributed by atoms with Gasteiger partial charge >= 0.3 is 0 Å². The molecule has 0 aromatic heterocycles. The smallest absolute Gasteiger partial charge is 0.238 e. The van der Waals surface area contributed by atoms with E-state index in [0.717, 1.165) is 81.8 Å². The summed E-state index contributed by atoms with van der Waals surface area (Å²) in [6, 6.07) is 3.91. The molecule has 3 rings (SSSR count). The van der Waals surface area contributed by atoms with Crippen molar-refractivity contribution in [1.82, 2.24) is 14.7 Å². The molecule has 7 heteroatoms. The van der Waals surface area contributed by atoms with Crippen LogP contribution in [0.25, 0.3) is 0 Å². The van der Waals surface area contributed by atoms with E-state index in [0.29, 0.717) is 18.1 Å². The number of likely N-dealkylation sites (tertiary alicyclic amines) is 1. The van der Waals surface area contributed by atoms with Crippen LogP contribution in [0, 0.1) is 0 Å². The molecular weight excluding hydrogens is 388 g/mol. The molecule has 2 aliphatic rings. The second kappa shape index (κ2) is 10.4. The highest BCUT2D eigenvalue weighted by atomic mass is 35.5. The van der Waals surface area contributed by atoms with Crippen molar-refractivity contribution in [3.8, 4) is 0 Å². The van der Waals surface area contributed by atoms with Gasteiger partial charge in [-0.05, 0) is 42.9 Å². The quantitative estimate of drug-likeness (QED) is 0.736. The number of benzene rings is 1. The number of nitrogens with zero attached hydrogens (tertiary/aromatic N) is 3. The van der Waals surface area contributed by atoms with Gasteiger partial charge in [-0.2, -0.15) is 0 Å². The number of carbonyl (C=O) groups is 2. The maximum absolute atomic E-state index is 12.7. The summed E-state index contributed by atoms with van der Waals surface area (Å²) in [7, 11) is 0.